The van der Waals surface area contributed by atoms with Crippen LogP contribution in [-0.2, 0) is 29.0 Å². The quantitative estimate of drug-likeness (QED) is 0.392. The Labute approximate surface area is 219 Å². The number of carbonyl (C=O) groups excluding carboxylic acids is 2. The smallest absolute Gasteiger partial charge is 0.243 e. The minimum atomic E-state index is -0.625. The van der Waals surface area contributed by atoms with Crippen LogP contribution < -0.4 is 14.8 Å². The molecule has 3 aromatic carbocycles. The summed E-state index contributed by atoms with van der Waals surface area (Å²) < 4.78 is 10.9. The number of benzene rings is 3. The van der Waals surface area contributed by atoms with Crippen LogP contribution in [0, 0.1) is 6.92 Å². The normalized spacial score (nSPS) is 13.6. The number of aryl methyl sites for hydroxylation is 2. The first-order chi connectivity index (χ1) is 17.9. The molecule has 0 spiro atoms. The highest BCUT2D eigenvalue weighted by Gasteiger charge is 2.31. The summed E-state index contributed by atoms with van der Waals surface area (Å²) in [6, 6.07) is 23.1. The maximum absolute atomic E-state index is 13.8. The highest BCUT2D eigenvalue weighted by Crippen LogP contribution is 2.33. The van der Waals surface area contributed by atoms with Crippen molar-refractivity contribution >= 4 is 11.8 Å². The van der Waals surface area contributed by atoms with Crippen LogP contribution in [0.3, 0.4) is 0 Å². The van der Waals surface area contributed by atoms with Crippen LogP contribution >= 0.6 is 0 Å². The molecule has 0 fully saturated rings. The van der Waals surface area contributed by atoms with Crippen LogP contribution in [0.2, 0.25) is 0 Å². The Morgan fingerprint density at radius 1 is 0.946 bits per heavy atom. The molecule has 0 aliphatic carbocycles. The van der Waals surface area contributed by atoms with E-state index in [1.807, 2.05) is 93.6 Å². The fourth-order valence-electron chi connectivity index (χ4n) is 4.46. The van der Waals surface area contributed by atoms with E-state index in [-0.39, 0.29) is 31.1 Å². The number of amides is 2. The van der Waals surface area contributed by atoms with Crippen molar-refractivity contribution in [1.29, 1.82) is 0 Å². The van der Waals surface area contributed by atoms with Gasteiger partial charge in [0.15, 0.2) is 11.5 Å². The zero-order valence-electron chi connectivity index (χ0n) is 21.9. The summed E-state index contributed by atoms with van der Waals surface area (Å²) in [6.45, 7) is 6.66. The van der Waals surface area contributed by atoms with Gasteiger partial charge in [0.05, 0.1) is 0 Å². The lowest BCUT2D eigenvalue weighted by Crippen LogP contribution is -2.52. The maximum atomic E-state index is 13.8. The van der Waals surface area contributed by atoms with Gasteiger partial charge in [-0.1, -0.05) is 67.6 Å². The summed E-state index contributed by atoms with van der Waals surface area (Å²) >= 11 is 0. The third kappa shape index (κ3) is 6.91. The third-order valence-corrected chi connectivity index (χ3v) is 6.94. The second-order valence-corrected chi connectivity index (χ2v) is 9.66. The van der Waals surface area contributed by atoms with E-state index in [0.717, 1.165) is 34.4 Å². The fraction of sp³-hybridized carbons (Fsp3) is 0.355. The first-order valence-electron chi connectivity index (χ1n) is 13.0. The van der Waals surface area contributed by atoms with Crippen molar-refractivity contribution in [3.63, 3.8) is 0 Å². The van der Waals surface area contributed by atoms with E-state index < -0.39 is 6.04 Å². The molecule has 0 saturated carbocycles. The van der Waals surface area contributed by atoms with Gasteiger partial charge in [-0.25, -0.2) is 0 Å². The van der Waals surface area contributed by atoms with Crippen molar-refractivity contribution in [2.75, 3.05) is 6.79 Å². The monoisotopic (exact) mass is 500 g/mol. The fourth-order valence-corrected chi connectivity index (χ4v) is 4.46. The highest BCUT2D eigenvalue weighted by atomic mass is 16.7. The largest absolute Gasteiger partial charge is 0.454 e. The van der Waals surface area contributed by atoms with Crippen molar-refractivity contribution in [3.05, 3.63) is 95.1 Å². The SMILES string of the molecule is CC[C@H](C)NC(=O)[C@@H](Cc1ccccc1)N(Cc1ccccc1C)C(=O)CCc1ccc2c(c1)OCO2. The zero-order valence-corrected chi connectivity index (χ0v) is 21.9. The van der Waals surface area contributed by atoms with E-state index in [4.69, 9.17) is 9.47 Å². The zero-order chi connectivity index (χ0) is 26.2. The number of carbonyl (C=O) groups is 2. The number of hydrogen-bond acceptors (Lipinski definition) is 4. The molecule has 0 bridgehead atoms. The Balaban J connectivity index is 1.61. The standard InChI is InChI=1S/C31H36N2O4/c1-4-23(3)32-31(35)27(18-24-11-6-5-7-12-24)33(20-26-13-9-8-10-22(26)2)30(34)17-15-25-14-16-28-29(19-25)37-21-36-28/h5-14,16,19,23,27H,4,15,17-18,20-21H2,1-3H3,(H,32,35)/t23-,27+/m0/s1. The van der Waals surface area contributed by atoms with Gasteiger partial charge in [0.2, 0.25) is 18.6 Å². The van der Waals surface area contributed by atoms with E-state index in [9.17, 15) is 9.59 Å². The Bertz CT molecular complexity index is 1210. The average Bonchev–Trinajstić information content (AvgIpc) is 3.38. The summed E-state index contributed by atoms with van der Waals surface area (Å²) in [5.41, 5.74) is 4.15. The Morgan fingerprint density at radius 2 is 1.68 bits per heavy atom. The van der Waals surface area contributed by atoms with Gasteiger partial charge < -0.3 is 19.7 Å². The highest BCUT2D eigenvalue weighted by molar-refractivity contribution is 5.88. The van der Waals surface area contributed by atoms with E-state index >= 15 is 0 Å². The van der Waals surface area contributed by atoms with E-state index in [2.05, 4.69) is 5.32 Å². The molecule has 3 aromatic rings. The van der Waals surface area contributed by atoms with Crippen LogP contribution in [0.5, 0.6) is 11.5 Å². The lowest BCUT2D eigenvalue weighted by molar-refractivity contribution is -0.141. The molecule has 0 saturated heterocycles. The van der Waals surface area contributed by atoms with Gasteiger partial charge >= 0.3 is 0 Å². The molecule has 0 unspecified atom stereocenters. The predicted octanol–water partition coefficient (Wildman–Crippen LogP) is 5.21. The van der Waals surface area contributed by atoms with Crippen molar-refractivity contribution in [2.24, 2.45) is 0 Å². The molecule has 6 heteroatoms. The Kier molecular flexibility index (Phi) is 8.83. The number of nitrogens with one attached hydrogen (secondary N) is 1. The summed E-state index contributed by atoms with van der Waals surface area (Å²) in [6.07, 6.45) is 2.10. The third-order valence-electron chi connectivity index (χ3n) is 6.94. The van der Waals surface area contributed by atoms with Crippen LogP contribution in [0.4, 0.5) is 0 Å². The van der Waals surface area contributed by atoms with Gasteiger partial charge in [-0.3, -0.25) is 9.59 Å². The molecule has 2 atom stereocenters. The molecule has 37 heavy (non-hydrogen) atoms. The van der Waals surface area contributed by atoms with Crippen LogP contribution in [0.15, 0.2) is 72.8 Å². The van der Waals surface area contributed by atoms with Gasteiger partial charge in [-0.05, 0) is 61.1 Å². The molecule has 0 radical (unpaired) electrons. The molecular weight excluding hydrogens is 464 g/mol. The van der Waals surface area contributed by atoms with Crippen molar-refractivity contribution < 1.29 is 19.1 Å². The Hall–Kier alpha value is -3.80. The number of hydrogen-bond donors (Lipinski definition) is 1. The number of rotatable bonds is 11. The molecule has 2 amide bonds. The average molecular weight is 501 g/mol. The van der Waals surface area contributed by atoms with E-state index in [0.29, 0.717) is 25.1 Å². The molecule has 0 aromatic heterocycles. The molecule has 6 nitrogen and oxygen atoms in total. The van der Waals surface area contributed by atoms with Crippen molar-refractivity contribution in [1.82, 2.24) is 10.2 Å². The number of fused-ring (bicyclic) bond motifs is 1. The molecule has 194 valence electrons. The number of nitrogens with zero attached hydrogens (tertiary/aromatic N) is 1. The summed E-state index contributed by atoms with van der Waals surface area (Å²) in [7, 11) is 0. The van der Waals surface area contributed by atoms with Crippen LogP contribution in [-0.4, -0.2) is 35.6 Å². The lowest BCUT2D eigenvalue weighted by Gasteiger charge is -2.33. The molecule has 4 rings (SSSR count). The number of ether oxygens (including phenoxy) is 2. The predicted molar refractivity (Wildman–Crippen MR) is 144 cm³/mol. The molecule has 1 aliphatic rings. The summed E-state index contributed by atoms with van der Waals surface area (Å²) in [4.78, 5) is 29.2. The second-order valence-electron chi connectivity index (χ2n) is 9.66. The van der Waals surface area contributed by atoms with Crippen LogP contribution in [0.25, 0.3) is 0 Å². The van der Waals surface area contributed by atoms with Gasteiger partial charge in [-0.2, -0.15) is 0 Å². The van der Waals surface area contributed by atoms with E-state index in [1.54, 1.807) is 4.90 Å². The lowest BCUT2D eigenvalue weighted by atomic mass is 10.00. The molecule has 1 aliphatic heterocycles. The maximum Gasteiger partial charge on any atom is 0.243 e. The molecular formula is C31H36N2O4. The minimum absolute atomic E-state index is 0.0230. The first kappa shape index (κ1) is 26.3. The van der Waals surface area contributed by atoms with Gasteiger partial charge in [0.25, 0.3) is 0 Å². The van der Waals surface area contributed by atoms with E-state index in [1.165, 1.54) is 0 Å². The van der Waals surface area contributed by atoms with Gasteiger partial charge in [0, 0.05) is 25.4 Å². The minimum Gasteiger partial charge on any atom is -0.454 e. The molecule has 1 N–H and O–H groups in total. The van der Waals surface area contributed by atoms with Gasteiger partial charge in [0.1, 0.15) is 6.04 Å². The van der Waals surface area contributed by atoms with Crippen molar-refractivity contribution in [3.8, 4) is 11.5 Å². The summed E-state index contributed by atoms with van der Waals surface area (Å²) in [5.74, 6) is 1.25. The second kappa shape index (κ2) is 12.4. The topological polar surface area (TPSA) is 67.9 Å². The Morgan fingerprint density at radius 3 is 2.43 bits per heavy atom. The van der Waals surface area contributed by atoms with Crippen molar-refractivity contribution in [2.45, 2.75) is 65.1 Å². The van der Waals surface area contributed by atoms with Gasteiger partial charge in [-0.15, -0.1) is 0 Å². The molecule has 1 heterocycles. The van der Waals surface area contributed by atoms with Crippen LogP contribution in [0.1, 0.15) is 48.9 Å². The summed E-state index contributed by atoms with van der Waals surface area (Å²) in [5, 5.41) is 3.12. The first-order valence-corrected chi connectivity index (χ1v) is 13.0.